The van der Waals surface area contributed by atoms with Crippen LogP contribution in [-0.4, -0.2) is 38.3 Å². The van der Waals surface area contributed by atoms with Crippen LogP contribution in [0.4, 0.5) is 5.69 Å². The van der Waals surface area contributed by atoms with Gasteiger partial charge in [-0.05, 0) is 24.5 Å². The molecule has 0 radical (unpaired) electrons. The number of nitrogens with one attached hydrogen (secondary N) is 1. The molecule has 0 aromatic heterocycles. The maximum Gasteiger partial charge on any atom is 0.189 e. The molecule has 0 bridgehead atoms. The number of nitrogens with zero attached hydrogens (tertiary/aromatic N) is 2. The van der Waals surface area contributed by atoms with Crippen LogP contribution in [0.25, 0.3) is 0 Å². The SMILES string of the molecule is NC(=NCc1ccccc1N1CCOCC1)NC1CC1. The number of hydrogen-bond acceptors (Lipinski definition) is 3. The topological polar surface area (TPSA) is 62.9 Å². The van der Waals surface area contributed by atoms with E-state index in [9.17, 15) is 0 Å². The second kappa shape index (κ2) is 6.13. The first kappa shape index (κ1) is 13.2. The van der Waals surface area contributed by atoms with E-state index < -0.39 is 0 Å². The molecule has 3 rings (SSSR count). The van der Waals surface area contributed by atoms with Crippen molar-refractivity contribution in [3.8, 4) is 0 Å². The third-order valence-electron chi connectivity index (χ3n) is 3.69. The van der Waals surface area contributed by atoms with Crippen LogP contribution < -0.4 is 16.0 Å². The Hall–Kier alpha value is -1.75. The van der Waals surface area contributed by atoms with Crippen molar-refractivity contribution in [1.82, 2.24) is 5.32 Å². The summed E-state index contributed by atoms with van der Waals surface area (Å²) >= 11 is 0. The number of ether oxygens (including phenoxy) is 1. The summed E-state index contributed by atoms with van der Waals surface area (Å²) in [5, 5.41) is 3.22. The van der Waals surface area contributed by atoms with Gasteiger partial charge in [0.2, 0.25) is 0 Å². The zero-order valence-electron chi connectivity index (χ0n) is 11.7. The highest BCUT2D eigenvalue weighted by molar-refractivity contribution is 5.78. The van der Waals surface area contributed by atoms with Crippen molar-refractivity contribution in [2.24, 2.45) is 10.7 Å². The molecule has 1 heterocycles. The van der Waals surface area contributed by atoms with Gasteiger partial charge in [0.1, 0.15) is 0 Å². The van der Waals surface area contributed by atoms with Crippen LogP contribution >= 0.6 is 0 Å². The van der Waals surface area contributed by atoms with Crippen LogP contribution in [0.3, 0.4) is 0 Å². The van der Waals surface area contributed by atoms with Crippen LogP contribution in [0.5, 0.6) is 0 Å². The largest absolute Gasteiger partial charge is 0.378 e. The number of benzene rings is 1. The highest BCUT2D eigenvalue weighted by Crippen LogP contribution is 2.22. The average Bonchev–Trinajstić information content (AvgIpc) is 3.30. The van der Waals surface area contributed by atoms with E-state index >= 15 is 0 Å². The Morgan fingerprint density at radius 2 is 2.05 bits per heavy atom. The number of guanidine groups is 1. The van der Waals surface area contributed by atoms with E-state index in [2.05, 4.69) is 39.5 Å². The first-order chi connectivity index (χ1) is 9.83. The summed E-state index contributed by atoms with van der Waals surface area (Å²) in [5.41, 5.74) is 8.36. The molecule has 5 heteroatoms. The van der Waals surface area contributed by atoms with E-state index in [0.29, 0.717) is 18.5 Å². The van der Waals surface area contributed by atoms with E-state index in [1.807, 2.05) is 0 Å². The van der Waals surface area contributed by atoms with Crippen molar-refractivity contribution >= 4 is 11.6 Å². The van der Waals surface area contributed by atoms with E-state index in [4.69, 9.17) is 10.5 Å². The number of nitrogens with two attached hydrogens (primary N) is 1. The second-order valence-corrected chi connectivity index (χ2v) is 5.35. The van der Waals surface area contributed by atoms with Crippen molar-refractivity contribution < 1.29 is 4.74 Å². The highest BCUT2D eigenvalue weighted by atomic mass is 16.5. The Bertz CT molecular complexity index is 479. The van der Waals surface area contributed by atoms with Gasteiger partial charge >= 0.3 is 0 Å². The Kier molecular flexibility index (Phi) is 4.06. The molecule has 1 aliphatic carbocycles. The highest BCUT2D eigenvalue weighted by Gasteiger charge is 2.21. The van der Waals surface area contributed by atoms with Gasteiger partial charge in [-0.3, -0.25) is 0 Å². The maximum absolute atomic E-state index is 5.90. The standard InChI is InChI=1S/C15H22N4O/c16-15(18-13-5-6-13)17-11-12-3-1-2-4-14(12)19-7-9-20-10-8-19/h1-4,13H,5-11H2,(H3,16,17,18). The smallest absolute Gasteiger partial charge is 0.189 e. The lowest BCUT2D eigenvalue weighted by molar-refractivity contribution is 0.122. The number of para-hydroxylation sites is 1. The van der Waals surface area contributed by atoms with Gasteiger partial charge in [-0.2, -0.15) is 0 Å². The monoisotopic (exact) mass is 274 g/mol. The molecule has 1 aromatic rings. The molecule has 0 amide bonds. The normalized spacial score (nSPS) is 20.0. The summed E-state index contributed by atoms with van der Waals surface area (Å²) in [4.78, 5) is 6.82. The van der Waals surface area contributed by atoms with E-state index in [-0.39, 0.29) is 0 Å². The maximum atomic E-state index is 5.90. The lowest BCUT2D eigenvalue weighted by atomic mass is 10.1. The zero-order valence-corrected chi connectivity index (χ0v) is 11.7. The van der Waals surface area contributed by atoms with Gasteiger partial charge in [0.15, 0.2) is 5.96 Å². The predicted molar refractivity (Wildman–Crippen MR) is 81.0 cm³/mol. The molecule has 0 spiro atoms. The fourth-order valence-electron chi connectivity index (χ4n) is 2.41. The van der Waals surface area contributed by atoms with Crippen LogP contribution in [0.1, 0.15) is 18.4 Å². The lowest BCUT2D eigenvalue weighted by Crippen LogP contribution is -2.37. The fraction of sp³-hybridized carbons (Fsp3) is 0.533. The minimum absolute atomic E-state index is 0.549. The number of anilines is 1. The van der Waals surface area contributed by atoms with Crippen LogP contribution in [0.2, 0.25) is 0 Å². The van der Waals surface area contributed by atoms with Crippen LogP contribution in [0.15, 0.2) is 29.3 Å². The van der Waals surface area contributed by atoms with Crippen molar-refractivity contribution in [2.45, 2.75) is 25.4 Å². The Labute approximate surface area is 119 Å². The number of morpholine rings is 1. The average molecular weight is 274 g/mol. The quantitative estimate of drug-likeness (QED) is 0.637. The summed E-state index contributed by atoms with van der Waals surface area (Å²) in [6.45, 7) is 4.10. The summed E-state index contributed by atoms with van der Waals surface area (Å²) in [6.07, 6.45) is 2.42. The molecule has 0 atom stereocenters. The van der Waals surface area contributed by atoms with Crippen molar-refractivity contribution in [3.05, 3.63) is 29.8 Å². The Balaban J connectivity index is 1.68. The summed E-state index contributed by atoms with van der Waals surface area (Å²) in [5.74, 6) is 0.560. The molecular weight excluding hydrogens is 252 g/mol. The summed E-state index contributed by atoms with van der Waals surface area (Å²) < 4.78 is 5.41. The fourth-order valence-corrected chi connectivity index (χ4v) is 2.41. The molecule has 108 valence electrons. The van der Waals surface area contributed by atoms with E-state index in [0.717, 1.165) is 26.3 Å². The van der Waals surface area contributed by atoms with Crippen LogP contribution in [-0.2, 0) is 11.3 Å². The molecule has 1 aliphatic heterocycles. The third kappa shape index (κ3) is 3.42. The molecular formula is C15H22N4O. The zero-order chi connectivity index (χ0) is 13.8. The lowest BCUT2D eigenvalue weighted by Gasteiger charge is -2.30. The van der Waals surface area contributed by atoms with Gasteiger partial charge in [-0.15, -0.1) is 0 Å². The first-order valence-electron chi connectivity index (χ1n) is 7.30. The second-order valence-electron chi connectivity index (χ2n) is 5.35. The molecule has 3 N–H and O–H groups in total. The van der Waals surface area contributed by atoms with Gasteiger partial charge in [0, 0.05) is 24.8 Å². The minimum atomic E-state index is 0.549. The van der Waals surface area contributed by atoms with Gasteiger partial charge in [0.25, 0.3) is 0 Å². The van der Waals surface area contributed by atoms with Gasteiger partial charge < -0.3 is 20.7 Å². The Morgan fingerprint density at radius 3 is 2.80 bits per heavy atom. The molecule has 1 saturated heterocycles. The predicted octanol–water partition coefficient (Wildman–Crippen LogP) is 1.09. The number of rotatable bonds is 4. The van der Waals surface area contributed by atoms with Gasteiger partial charge in [-0.25, -0.2) is 4.99 Å². The van der Waals surface area contributed by atoms with Crippen molar-refractivity contribution in [3.63, 3.8) is 0 Å². The van der Waals surface area contributed by atoms with E-state index in [1.54, 1.807) is 0 Å². The molecule has 1 aromatic carbocycles. The molecule has 0 unspecified atom stereocenters. The number of hydrogen-bond donors (Lipinski definition) is 2. The summed E-state index contributed by atoms with van der Waals surface area (Å²) in [7, 11) is 0. The van der Waals surface area contributed by atoms with Crippen molar-refractivity contribution in [1.29, 1.82) is 0 Å². The number of aliphatic imine (C=N–C) groups is 1. The minimum Gasteiger partial charge on any atom is -0.378 e. The molecule has 20 heavy (non-hydrogen) atoms. The molecule has 1 saturated carbocycles. The molecule has 5 nitrogen and oxygen atoms in total. The third-order valence-corrected chi connectivity index (χ3v) is 3.69. The molecule has 2 fully saturated rings. The van der Waals surface area contributed by atoms with Gasteiger partial charge in [-0.1, -0.05) is 18.2 Å². The Morgan fingerprint density at radius 1 is 1.30 bits per heavy atom. The van der Waals surface area contributed by atoms with Crippen molar-refractivity contribution in [2.75, 3.05) is 31.2 Å². The van der Waals surface area contributed by atoms with Gasteiger partial charge in [0.05, 0.1) is 19.8 Å². The summed E-state index contributed by atoms with van der Waals surface area (Å²) in [6, 6.07) is 8.95. The molecule has 2 aliphatic rings. The first-order valence-corrected chi connectivity index (χ1v) is 7.30. The van der Waals surface area contributed by atoms with Crippen LogP contribution in [0, 0.1) is 0 Å². The van der Waals surface area contributed by atoms with E-state index in [1.165, 1.54) is 24.1 Å².